The maximum Gasteiger partial charge on any atom is 0.337 e. The first-order chi connectivity index (χ1) is 12.5. The molecule has 7 nitrogen and oxygen atoms in total. The van der Waals surface area contributed by atoms with E-state index in [0.29, 0.717) is 22.8 Å². The molecule has 0 saturated carbocycles. The van der Waals surface area contributed by atoms with E-state index in [9.17, 15) is 9.18 Å². The van der Waals surface area contributed by atoms with E-state index in [1.54, 1.807) is 24.3 Å². The summed E-state index contributed by atoms with van der Waals surface area (Å²) in [5, 5.41) is 13.6. The molecule has 0 aliphatic heterocycles. The van der Waals surface area contributed by atoms with Crippen molar-refractivity contribution in [3.63, 3.8) is 0 Å². The Morgan fingerprint density at radius 2 is 1.96 bits per heavy atom. The minimum absolute atomic E-state index is 0.0168. The minimum Gasteiger partial charge on any atom is -0.465 e. The molecule has 0 saturated heterocycles. The van der Waals surface area contributed by atoms with E-state index >= 15 is 0 Å². The fraction of sp³-hybridized carbons (Fsp3) is 0.0588. The predicted octanol–water partition coefficient (Wildman–Crippen LogP) is 3.94. The van der Waals surface area contributed by atoms with Crippen LogP contribution in [-0.4, -0.2) is 28.3 Å². The van der Waals surface area contributed by atoms with Crippen LogP contribution in [-0.2, 0) is 4.74 Å². The fourth-order valence-corrected chi connectivity index (χ4v) is 2.29. The number of esters is 1. The van der Waals surface area contributed by atoms with E-state index < -0.39 is 11.8 Å². The zero-order valence-electron chi connectivity index (χ0n) is 13.5. The molecule has 0 fully saturated rings. The van der Waals surface area contributed by atoms with Crippen molar-refractivity contribution in [2.75, 3.05) is 17.7 Å². The van der Waals surface area contributed by atoms with Crippen LogP contribution in [0.4, 0.5) is 27.5 Å². The van der Waals surface area contributed by atoms with Crippen LogP contribution in [0.15, 0.2) is 48.7 Å². The molecule has 0 aliphatic carbocycles. The van der Waals surface area contributed by atoms with Crippen molar-refractivity contribution in [3.8, 4) is 0 Å². The second-order valence-electron chi connectivity index (χ2n) is 5.12. The van der Waals surface area contributed by atoms with Gasteiger partial charge < -0.3 is 15.4 Å². The Morgan fingerprint density at radius 3 is 2.73 bits per heavy atom. The first-order valence-corrected chi connectivity index (χ1v) is 7.80. The van der Waals surface area contributed by atoms with Gasteiger partial charge in [-0.2, -0.15) is 10.1 Å². The summed E-state index contributed by atoms with van der Waals surface area (Å²) in [5.74, 6) is -0.360. The Balaban J connectivity index is 1.77. The van der Waals surface area contributed by atoms with Crippen molar-refractivity contribution in [1.82, 2.24) is 15.2 Å². The van der Waals surface area contributed by atoms with E-state index in [1.165, 1.54) is 31.5 Å². The summed E-state index contributed by atoms with van der Waals surface area (Å²) in [6, 6.07) is 10.9. The lowest BCUT2D eigenvalue weighted by Gasteiger charge is -2.09. The standard InChI is InChI=1S/C17H13ClFN5O2/c1-26-16(25)10-3-2-4-11(7-10)21-15-9-20-24-17(23-15)22-12-5-6-14(19)13(18)8-12/h2-9H,1H3,(H2,21,22,23,24). The van der Waals surface area contributed by atoms with Crippen molar-refractivity contribution in [2.24, 2.45) is 0 Å². The number of hydrogen-bond acceptors (Lipinski definition) is 7. The average molecular weight is 374 g/mol. The molecule has 0 unspecified atom stereocenters. The number of aromatic nitrogens is 3. The molecule has 1 heterocycles. The number of anilines is 4. The molecular weight excluding hydrogens is 361 g/mol. The van der Waals surface area contributed by atoms with E-state index in [0.717, 1.165) is 0 Å². The molecule has 1 aromatic heterocycles. The van der Waals surface area contributed by atoms with Crippen molar-refractivity contribution >= 4 is 40.7 Å². The molecule has 0 bridgehead atoms. The number of ether oxygens (including phenoxy) is 1. The highest BCUT2D eigenvalue weighted by Crippen LogP contribution is 2.22. The first kappa shape index (κ1) is 17.6. The normalized spacial score (nSPS) is 10.3. The highest BCUT2D eigenvalue weighted by molar-refractivity contribution is 6.31. The van der Waals surface area contributed by atoms with Crippen molar-refractivity contribution in [1.29, 1.82) is 0 Å². The monoisotopic (exact) mass is 373 g/mol. The predicted molar refractivity (Wildman–Crippen MR) is 95.6 cm³/mol. The topological polar surface area (TPSA) is 89.0 Å². The molecule has 132 valence electrons. The number of rotatable bonds is 5. The van der Waals surface area contributed by atoms with Crippen LogP contribution in [0, 0.1) is 5.82 Å². The van der Waals surface area contributed by atoms with Crippen LogP contribution in [0.2, 0.25) is 5.02 Å². The van der Waals surface area contributed by atoms with Crippen molar-refractivity contribution in [2.45, 2.75) is 0 Å². The fourth-order valence-electron chi connectivity index (χ4n) is 2.11. The number of carbonyl (C=O) groups is 1. The molecular formula is C17H13ClFN5O2. The summed E-state index contributed by atoms with van der Waals surface area (Å²) in [5.41, 5.74) is 1.55. The quantitative estimate of drug-likeness (QED) is 0.655. The van der Waals surface area contributed by atoms with Gasteiger partial charge in [-0.15, -0.1) is 5.10 Å². The van der Waals surface area contributed by atoms with Gasteiger partial charge in [-0.25, -0.2) is 9.18 Å². The van der Waals surface area contributed by atoms with Gasteiger partial charge in [0.2, 0.25) is 5.95 Å². The van der Waals surface area contributed by atoms with Gasteiger partial charge in [-0.1, -0.05) is 17.7 Å². The summed E-state index contributed by atoms with van der Waals surface area (Å²) < 4.78 is 17.9. The summed E-state index contributed by atoms with van der Waals surface area (Å²) >= 11 is 5.75. The third kappa shape index (κ3) is 4.22. The molecule has 0 aliphatic rings. The molecule has 2 N–H and O–H groups in total. The molecule has 0 spiro atoms. The van der Waals surface area contributed by atoms with E-state index in [4.69, 9.17) is 16.3 Å². The Hall–Kier alpha value is -3.26. The molecule has 0 amide bonds. The number of carbonyl (C=O) groups excluding carboxylic acids is 1. The van der Waals surface area contributed by atoms with Gasteiger partial charge >= 0.3 is 5.97 Å². The molecule has 26 heavy (non-hydrogen) atoms. The van der Waals surface area contributed by atoms with Crippen LogP contribution in [0.25, 0.3) is 0 Å². The number of nitrogens with one attached hydrogen (secondary N) is 2. The van der Waals surface area contributed by atoms with Gasteiger partial charge in [-0.05, 0) is 36.4 Å². The Labute approximate surface area is 153 Å². The SMILES string of the molecule is COC(=O)c1cccc(Nc2cnnc(Nc3ccc(F)c(Cl)c3)n2)c1. The molecule has 0 radical (unpaired) electrons. The Bertz CT molecular complexity index is 954. The van der Waals surface area contributed by atoms with Crippen molar-refractivity contribution in [3.05, 3.63) is 65.1 Å². The molecule has 9 heteroatoms. The zero-order valence-corrected chi connectivity index (χ0v) is 14.3. The summed E-state index contributed by atoms with van der Waals surface area (Å²) in [6.45, 7) is 0. The Kier molecular flexibility index (Phi) is 5.23. The first-order valence-electron chi connectivity index (χ1n) is 7.42. The lowest BCUT2D eigenvalue weighted by atomic mass is 10.2. The average Bonchev–Trinajstić information content (AvgIpc) is 2.64. The largest absolute Gasteiger partial charge is 0.465 e. The lowest BCUT2D eigenvalue weighted by molar-refractivity contribution is 0.0601. The second-order valence-corrected chi connectivity index (χ2v) is 5.52. The smallest absolute Gasteiger partial charge is 0.337 e. The number of benzene rings is 2. The highest BCUT2D eigenvalue weighted by Gasteiger charge is 2.08. The summed E-state index contributed by atoms with van der Waals surface area (Å²) in [4.78, 5) is 15.9. The highest BCUT2D eigenvalue weighted by atomic mass is 35.5. The second kappa shape index (κ2) is 7.75. The molecule has 0 atom stereocenters. The number of hydrogen-bond donors (Lipinski definition) is 2. The van der Waals surface area contributed by atoms with Gasteiger partial charge in [0.15, 0.2) is 5.82 Å². The number of halogens is 2. The van der Waals surface area contributed by atoms with Crippen molar-refractivity contribution < 1.29 is 13.9 Å². The number of methoxy groups -OCH3 is 1. The maximum absolute atomic E-state index is 13.2. The van der Waals surface area contributed by atoms with E-state index in [-0.39, 0.29) is 11.0 Å². The minimum atomic E-state index is -0.517. The van der Waals surface area contributed by atoms with Gasteiger partial charge in [0, 0.05) is 11.4 Å². The third-order valence-corrected chi connectivity index (χ3v) is 3.58. The van der Waals surface area contributed by atoms with Crippen LogP contribution >= 0.6 is 11.6 Å². The molecule has 3 aromatic rings. The number of nitrogens with zero attached hydrogens (tertiary/aromatic N) is 3. The zero-order chi connectivity index (χ0) is 18.5. The van der Waals surface area contributed by atoms with Gasteiger partial charge in [0.05, 0.1) is 23.9 Å². The van der Waals surface area contributed by atoms with E-state index in [1.807, 2.05) is 0 Å². The van der Waals surface area contributed by atoms with Gasteiger partial charge in [0.1, 0.15) is 5.82 Å². The van der Waals surface area contributed by atoms with Crippen LogP contribution in [0.3, 0.4) is 0 Å². The molecule has 3 rings (SSSR count). The summed E-state index contributed by atoms with van der Waals surface area (Å²) in [7, 11) is 1.32. The summed E-state index contributed by atoms with van der Waals surface area (Å²) in [6.07, 6.45) is 1.42. The van der Waals surface area contributed by atoms with Gasteiger partial charge in [-0.3, -0.25) is 0 Å². The van der Waals surface area contributed by atoms with Crippen LogP contribution in [0.1, 0.15) is 10.4 Å². The Morgan fingerprint density at radius 1 is 1.15 bits per heavy atom. The lowest BCUT2D eigenvalue weighted by Crippen LogP contribution is -2.04. The van der Waals surface area contributed by atoms with E-state index in [2.05, 4.69) is 25.8 Å². The molecule has 2 aromatic carbocycles. The van der Waals surface area contributed by atoms with Crippen LogP contribution < -0.4 is 10.6 Å². The van der Waals surface area contributed by atoms with Crippen LogP contribution in [0.5, 0.6) is 0 Å². The van der Waals surface area contributed by atoms with Gasteiger partial charge in [0.25, 0.3) is 0 Å². The maximum atomic E-state index is 13.2. The third-order valence-electron chi connectivity index (χ3n) is 3.29.